The molecule has 0 saturated carbocycles. The van der Waals surface area contributed by atoms with Gasteiger partial charge in [0.15, 0.2) is 0 Å². The molecule has 0 aliphatic carbocycles. The van der Waals surface area contributed by atoms with Crippen LogP contribution in [-0.4, -0.2) is 14.1 Å². The van der Waals surface area contributed by atoms with E-state index in [1.54, 1.807) is 0 Å². The topological polar surface area (TPSA) is 35.9 Å². The van der Waals surface area contributed by atoms with E-state index in [0.717, 1.165) is 51.8 Å². The van der Waals surface area contributed by atoms with Gasteiger partial charge in [0.05, 0.1) is 11.4 Å². The van der Waals surface area contributed by atoms with Crippen LogP contribution < -0.4 is 9.30 Å². The largest absolute Gasteiger partial charge is 0.510 e. The number of ether oxygens (including phenoxy) is 1. The normalized spacial score (nSPS) is 12.2. The molecule has 0 saturated heterocycles. The Kier molecular flexibility index (Phi) is 11.1. The van der Waals surface area contributed by atoms with Crippen LogP contribution in [0.2, 0.25) is 0 Å². The van der Waals surface area contributed by atoms with Gasteiger partial charge in [-0.05, 0) is 82.5 Å². The average molecular weight is 896 g/mol. The molecule has 3 heterocycles. The molecular formula is C48H52N4OPt-2. The van der Waals surface area contributed by atoms with Crippen molar-refractivity contribution in [1.82, 2.24) is 14.1 Å². The van der Waals surface area contributed by atoms with Crippen LogP contribution >= 0.6 is 0 Å². The second kappa shape index (κ2) is 15.3. The van der Waals surface area contributed by atoms with E-state index in [2.05, 4.69) is 170 Å². The Hall–Kier alpha value is -4.47. The summed E-state index contributed by atoms with van der Waals surface area (Å²) >= 11 is 0. The van der Waals surface area contributed by atoms with Crippen molar-refractivity contribution in [2.24, 2.45) is 11.8 Å². The Labute approximate surface area is 336 Å². The van der Waals surface area contributed by atoms with Gasteiger partial charge < -0.3 is 13.9 Å². The summed E-state index contributed by atoms with van der Waals surface area (Å²) < 4.78 is 13.0. The Morgan fingerprint density at radius 3 is 2.07 bits per heavy atom. The van der Waals surface area contributed by atoms with Crippen molar-refractivity contribution in [1.29, 1.82) is 0 Å². The van der Waals surface area contributed by atoms with E-state index in [0.29, 0.717) is 23.3 Å². The van der Waals surface area contributed by atoms with Crippen molar-refractivity contribution < 1.29 is 30.4 Å². The van der Waals surface area contributed by atoms with Gasteiger partial charge in [0.2, 0.25) is 0 Å². The monoisotopic (exact) mass is 895 g/mol. The Balaban J connectivity index is 0.00000497. The number of benzene rings is 4. The zero-order valence-electron chi connectivity index (χ0n) is 33.3. The molecule has 6 heteroatoms. The standard InChI is InChI=1S/C48H52N4O.Pt/c1-32(2)22-34-24-35(23-33(3)4)26-38(25-34)51-31-50(30-45(51)48(8,9)10)37-14-13-15-39(28-37)53-40-18-19-42-41-16-11-12-17-43(41)52(44(42)29-40)46-27-36(20-21-49-46)47(5,6)7;/h11-21,24-27,30,32-33H,22-23H2,1-10H3;/q-2;. The molecule has 0 bridgehead atoms. The molecule has 0 amide bonds. The molecule has 0 aliphatic rings. The van der Waals surface area contributed by atoms with E-state index in [9.17, 15) is 0 Å². The zero-order chi connectivity index (χ0) is 37.7. The van der Waals surface area contributed by atoms with E-state index in [1.807, 2.05) is 29.0 Å². The predicted octanol–water partition coefficient (Wildman–Crippen LogP) is 11.4. The Morgan fingerprint density at radius 2 is 1.41 bits per heavy atom. The van der Waals surface area contributed by atoms with Gasteiger partial charge in [-0.3, -0.25) is 4.57 Å². The fourth-order valence-corrected chi connectivity index (χ4v) is 7.20. The molecule has 7 aromatic rings. The van der Waals surface area contributed by atoms with Crippen LogP contribution in [0.4, 0.5) is 0 Å². The van der Waals surface area contributed by atoms with E-state index in [-0.39, 0.29) is 31.9 Å². The van der Waals surface area contributed by atoms with E-state index in [4.69, 9.17) is 9.72 Å². The van der Waals surface area contributed by atoms with Gasteiger partial charge in [-0.1, -0.05) is 110 Å². The summed E-state index contributed by atoms with van der Waals surface area (Å²) in [5, 5.41) is 2.25. The number of pyridine rings is 1. The van der Waals surface area contributed by atoms with Gasteiger partial charge in [-0.25, -0.2) is 4.98 Å². The van der Waals surface area contributed by atoms with Gasteiger partial charge in [-0.2, -0.15) is 18.2 Å². The molecule has 0 unspecified atom stereocenters. The molecule has 0 N–H and O–H groups in total. The SMILES string of the molecule is CC(C)Cc1cc(CC(C)C)cc(-[n+]2[c-]n(-c3[c-]c(Oc4[c-]c5c(cc4)c4ccccc4n5-c4cc(C(C)(C)C)ccn4)ccc3)cc2C(C)(C)C)c1.[Pt]. The maximum Gasteiger partial charge on any atom is 0.267 e. The fraction of sp³-hybridized carbons (Fsp3) is 0.333. The van der Waals surface area contributed by atoms with Gasteiger partial charge >= 0.3 is 0 Å². The first kappa shape index (κ1) is 39.2. The maximum atomic E-state index is 6.53. The fourth-order valence-electron chi connectivity index (χ4n) is 7.20. The average Bonchev–Trinajstić information content (AvgIpc) is 3.68. The number of fused-ring (bicyclic) bond motifs is 3. The van der Waals surface area contributed by atoms with Gasteiger partial charge in [0, 0.05) is 50.5 Å². The summed E-state index contributed by atoms with van der Waals surface area (Å²) in [6, 6.07) is 37.1. The first-order valence-corrected chi connectivity index (χ1v) is 19.0. The number of hydrogen-bond donors (Lipinski definition) is 0. The van der Waals surface area contributed by atoms with Gasteiger partial charge in [0.1, 0.15) is 5.82 Å². The summed E-state index contributed by atoms with van der Waals surface area (Å²) in [7, 11) is 0. The van der Waals surface area contributed by atoms with Crippen LogP contribution in [0.3, 0.4) is 0 Å². The third-order valence-corrected chi connectivity index (χ3v) is 9.68. The molecular weight excluding hydrogens is 844 g/mol. The minimum atomic E-state index is -0.119. The Morgan fingerprint density at radius 1 is 0.722 bits per heavy atom. The molecule has 4 aromatic carbocycles. The van der Waals surface area contributed by atoms with Crippen LogP contribution in [0.15, 0.2) is 97.3 Å². The quantitative estimate of drug-likeness (QED) is 0.107. The first-order chi connectivity index (χ1) is 25.1. The molecule has 0 aliphatic heterocycles. The number of para-hydroxylation sites is 1. The molecule has 282 valence electrons. The molecule has 54 heavy (non-hydrogen) atoms. The summed E-state index contributed by atoms with van der Waals surface area (Å²) in [4.78, 5) is 4.82. The number of imidazole rings is 1. The smallest absolute Gasteiger partial charge is 0.267 e. The molecule has 0 atom stereocenters. The van der Waals surface area contributed by atoms with Crippen molar-refractivity contribution in [2.75, 3.05) is 0 Å². The minimum Gasteiger partial charge on any atom is -0.510 e. The van der Waals surface area contributed by atoms with Crippen LogP contribution in [0.5, 0.6) is 11.5 Å². The molecule has 3 aromatic heterocycles. The minimum absolute atomic E-state index is 0. The zero-order valence-corrected chi connectivity index (χ0v) is 35.6. The summed E-state index contributed by atoms with van der Waals surface area (Å²) in [5.74, 6) is 3.24. The van der Waals surface area contributed by atoms with Crippen molar-refractivity contribution in [3.05, 3.63) is 138 Å². The number of rotatable bonds is 9. The van der Waals surface area contributed by atoms with Crippen LogP contribution in [0.1, 0.15) is 91.6 Å². The van der Waals surface area contributed by atoms with Crippen molar-refractivity contribution >= 4 is 21.8 Å². The maximum absolute atomic E-state index is 6.53. The molecule has 0 spiro atoms. The first-order valence-electron chi connectivity index (χ1n) is 19.0. The molecule has 5 nitrogen and oxygen atoms in total. The van der Waals surface area contributed by atoms with Gasteiger partial charge in [0.25, 0.3) is 6.33 Å². The van der Waals surface area contributed by atoms with Crippen LogP contribution in [0, 0.1) is 30.3 Å². The molecule has 0 fully saturated rings. The predicted molar refractivity (Wildman–Crippen MR) is 217 cm³/mol. The number of aromatic nitrogens is 4. The second-order valence-corrected chi connectivity index (χ2v) is 17.4. The summed E-state index contributed by atoms with van der Waals surface area (Å²) in [6.45, 7) is 22.6. The third-order valence-electron chi connectivity index (χ3n) is 9.68. The van der Waals surface area contributed by atoms with Crippen LogP contribution in [0.25, 0.3) is 39.0 Å². The Bertz CT molecular complexity index is 2390. The van der Waals surface area contributed by atoms with E-state index < -0.39 is 0 Å². The number of nitrogens with zero attached hydrogens (tertiary/aromatic N) is 4. The third kappa shape index (κ3) is 8.27. The number of hydrogen-bond acceptors (Lipinski definition) is 2. The summed E-state index contributed by atoms with van der Waals surface area (Å²) in [5.41, 5.74) is 9.02. The van der Waals surface area contributed by atoms with E-state index in [1.165, 1.54) is 22.4 Å². The van der Waals surface area contributed by atoms with Gasteiger partial charge in [-0.15, -0.1) is 29.7 Å². The van der Waals surface area contributed by atoms with Crippen molar-refractivity contribution in [3.8, 4) is 28.7 Å². The van der Waals surface area contributed by atoms with E-state index >= 15 is 0 Å². The summed E-state index contributed by atoms with van der Waals surface area (Å²) in [6.07, 6.45) is 9.85. The van der Waals surface area contributed by atoms with Crippen molar-refractivity contribution in [2.45, 2.75) is 92.9 Å². The van der Waals surface area contributed by atoms with Crippen LogP contribution in [-0.2, 0) is 44.7 Å². The van der Waals surface area contributed by atoms with Crippen molar-refractivity contribution in [3.63, 3.8) is 0 Å². The second-order valence-electron chi connectivity index (χ2n) is 17.4. The molecule has 0 radical (unpaired) electrons. The molecule has 7 rings (SSSR count).